The van der Waals surface area contributed by atoms with E-state index in [9.17, 15) is 9.59 Å². The normalized spacial score (nSPS) is 16.8. The Morgan fingerprint density at radius 2 is 2.15 bits per heavy atom. The minimum atomic E-state index is -0.436. The summed E-state index contributed by atoms with van der Waals surface area (Å²) in [6.07, 6.45) is 1.51. The number of hydrogen-bond donors (Lipinski definition) is 1. The molecular formula is C18H22N4O3S. The lowest BCUT2D eigenvalue weighted by Crippen LogP contribution is -2.44. The summed E-state index contributed by atoms with van der Waals surface area (Å²) < 4.78 is 5.22. The van der Waals surface area contributed by atoms with Crippen molar-refractivity contribution in [3.05, 3.63) is 24.3 Å². The third kappa shape index (κ3) is 3.85. The standard InChI is InChI=1S/C18H22N4O3S/c1-11(2)17(24)22-9-5-8-14(22)15(23)19-18-21-20-16(26-18)12-6-4-7-13(10-12)25-3/h4,6-7,10-11,14H,5,8-9H2,1-3H3,(H,19,21,23). The number of anilines is 1. The van der Waals surface area contributed by atoms with E-state index in [0.717, 1.165) is 17.7 Å². The lowest BCUT2D eigenvalue weighted by Gasteiger charge is -2.25. The minimum absolute atomic E-state index is 0.0111. The Morgan fingerprint density at radius 3 is 2.88 bits per heavy atom. The van der Waals surface area contributed by atoms with E-state index < -0.39 is 6.04 Å². The van der Waals surface area contributed by atoms with Gasteiger partial charge in [0.15, 0.2) is 0 Å². The summed E-state index contributed by atoms with van der Waals surface area (Å²) in [7, 11) is 1.61. The first-order valence-electron chi connectivity index (χ1n) is 8.59. The third-order valence-electron chi connectivity index (χ3n) is 4.30. The number of amides is 2. The van der Waals surface area contributed by atoms with Crippen molar-refractivity contribution in [3.8, 4) is 16.3 Å². The highest BCUT2D eigenvalue weighted by Crippen LogP contribution is 2.29. The molecule has 138 valence electrons. The maximum Gasteiger partial charge on any atom is 0.249 e. The number of methoxy groups -OCH3 is 1. The SMILES string of the molecule is COc1cccc(-c2nnc(NC(=O)C3CCCN3C(=O)C(C)C)s2)c1. The second-order valence-electron chi connectivity index (χ2n) is 6.48. The quantitative estimate of drug-likeness (QED) is 0.870. The molecule has 0 bridgehead atoms. The Bertz CT molecular complexity index is 805. The first-order valence-corrected chi connectivity index (χ1v) is 9.40. The molecule has 0 spiro atoms. The van der Waals surface area contributed by atoms with Crippen LogP contribution >= 0.6 is 11.3 Å². The monoisotopic (exact) mass is 374 g/mol. The van der Waals surface area contributed by atoms with Gasteiger partial charge in [0.1, 0.15) is 16.8 Å². The Morgan fingerprint density at radius 1 is 1.35 bits per heavy atom. The first kappa shape index (κ1) is 18.3. The number of hydrogen-bond acceptors (Lipinski definition) is 6. The smallest absolute Gasteiger partial charge is 0.249 e. The van der Waals surface area contributed by atoms with Gasteiger partial charge in [-0.2, -0.15) is 0 Å². The molecule has 1 aliphatic heterocycles. The highest BCUT2D eigenvalue weighted by molar-refractivity contribution is 7.18. The van der Waals surface area contributed by atoms with E-state index in [1.54, 1.807) is 12.0 Å². The first-order chi connectivity index (χ1) is 12.5. The Hall–Kier alpha value is -2.48. The second kappa shape index (κ2) is 7.82. The summed E-state index contributed by atoms with van der Waals surface area (Å²) in [4.78, 5) is 26.6. The van der Waals surface area contributed by atoms with Gasteiger partial charge in [0.2, 0.25) is 16.9 Å². The average molecular weight is 374 g/mol. The van der Waals surface area contributed by atoms with Crippen LogP contribution in [0.3, 0.4) is 0 Å². The van der Waals surface area contributed by atoms with Crippen LogP contribution in [0, 0.1) is 5.92 Å². The minimum Gasteiger partial charge on any atom is -0.497 e. The maximum absolute atomic E-state index is 12.6. The fraction of sp³-hybridized carbons (Fsp3) is 0.444. The van der Waals surface area contributed by atoms with Gasteiger partial charge in [0.05, 0.1) is 7.11 Å². The van der Waals surface area contributed by atoms with E-state index in [-0.39, 0.29) is 17.7 Å². The fourth-order valence-corrected chi connectivity index (χ4v) is 3.71. The van der Waals surface area contributed by atoms with Crippen LogP contribution in [-0.4, -0.2) is 46.6 Å². The van der Waals surface area contributed by atoms with Gasteiger partial charge >= 0.3 is 0 Å². The molecule has 1 aromatic carbocycles. The maximum atomic E-state index is 12.6. The lowest BCUT2D eigenvalue weighted by molar-refractivity contribution is -0.139. The van der Waals surface area contributed by atoms with Gasteiger partial charge in [-0.05, 0) is 25.0 Å². The molecule has 3 rings (SSSR count). The van der Waals surface area contributed by atoms with E-state index in [4.69, 9.17) is 4.74 Å². The number of nitrogens with zero attached hydrogens (tertiary/aromatic N) is 3. The molecular weight excluding hydrogens is 352 g/mol. The number of carbonyl (C=O) groups is 2. The van der Waals surface area contributed by atoms with Gasteiger partial charge < -0.3 is 9.64 Å². The molecule has 1 saturated heterocycles. The Balaban J connectivity index is 1.70. The molecule has 1 fully saturated rings. The van der Waals surface area contributed by atoms with Gasteiger partial charge in [-0.3, -0.25) is 14.9 Å². The number of nitrogens with one attached hydrogen (secondary N) is 1. The van der Waals surface area contributed by atoms with Crippen molar-refractivity contribution in [1.29, 1.82) is 0 Å². The zero-order valence-corrected chi connectivity index (χ0v) is 15.9. The molecule has 0 radical (unpaired) electrons. The van der Waals surface area contributed by atoms with Gasteiger partial charge in [-0.25, -0.2) is 0 Å². The van der Waals surface area contributed by atoms with Crippen LogP contribution < -0.4 is 10.1 Å². The van der Waals surface area contributed by atoms with Crippen molar-refractivity contribution in [2.24, 2.45) is 5.92 Å². The number of aromatic nitrogens is 2. The van der Waals surface area contributed by atoms with Crippen LogP contribution in [0.4, 0.5) is 5.13 Å². The molecule has 0 saturated carbocycles. The highest BCUT2D eigenvalue weighted by Gasteiger charge is 2.35. The van der Waals surface area contributed by atoms with E-state index in [2.05, 4.69) is 15.5 Å². The van der Waals surface area contributed by atoms with E-state index >= 15 is 0 Å². The van der Waals surface area contributed by atoms with Crippen molar-refractivity contribution >= 4 is 28.3 Å². The summed E-state index contributed by atoms with van der Waals surface area (Å²) in [6, 6.07) is 7.07. The molecule has 2 amide bonds. The number of benzene rings is 1. The van der Waals surface area contributed by atoms with E-state index in [0.29, 0.717) is 23.1 Å². The summed E-state index contributed by atoms with van der Waals surface area (Å²) in [5, 5.41) is 12.1. The van der Waals surface area contributed by atoms with Crippen molar-refractivity contribution in [2.45, 2.75) is 32.7 Å². The zero-order chi connectivity index (χ0) is 18.7. The molecule has 1 aliphatic rings. The predicted octanol–water partition coefficient (Wildman–Crippen LogP) is 2.80. The molecule has 2 aromatic rings. The molecule has 2 heterocycles. The van der Waals surface area contributed by atoms with Crippen molar-refractivity contribution in [1.82, 2.24) is 15.1 Å². The lowest BCUT2D eigenvalue weighted by atomic mass is 10.1. The number of rotatable bonds is 5. The van der Waals surface area contributed by atoms with Crippen LogP contribution in [0.25, 0.3) is 10.6 Å². The van der Waals surface area contributed by atoms with Crippen LogP contribution in [0.5, 0.6) is 5.75 Å². The molecule has 8 heteroatoms. The number of ether oxygens (including phenoxy) is 1. The second-order valence-corrected chi connectivity index (χ2v) is 7.46. The van der Waals surface area contributed by atoms with E-state index in [1.807, 2.05) is 38.1 Å². The van der Waals surface area contributed by atoms with Gasteiger partial charge in [0, 0.05) is 18.0 Å². The summed E-state index contributed by atoms with van der Waals surface area (Å²) in [6.45, 7) is 4.32. The highest BCUT2D eigenvalue weighted by atomic mass is 32.1. The molecule has 26 heavy (non-hydrogen) atoms. The van der Waals surface area contributed by atoms with Crippen LogP contribution in [0.1, 0.15) is 26.7 Å². The molecule has 1 unspecified atom stereocenters. The van der Waals surface area contributed by atoms with Crippen molar-refractivity contribution in [3.63, 3.8) is 0 Å². The van der Waals surface area contributed by atoms with Crippen molar-refractivity contribution < 1.29 is 14.3 Å². The fourth-order valence-electron chi connectivity index (χ4n) is 2.97. The third-order valence-corrected chi connectivity index (χ3v) is 5.19. The summed E-state index contributed by atoms with van der Waals surface area (Å²) in [5.74, 6) is 0.420. The molecule has 1 aromatic heterocycles. The number of carbonyl (C=O) groups excluding carboxylic acids is 2. The van der Waals surface area contributed by atoms with Gasteiger partial charge in [0.25, 0.3) is 0 Å². The van der Waals surface area contributed by atoms with Crippen LogP contribution in [0.15, 0.2) is 24.3 Å². The van der Waals surface area contributed by atoms with Crippen LogP contribution in [-0.2, 0) is 9.59 Å². The molecule has 7 nitrogen and oxygen atoms in total. The summed E-state index contributed by atoms with van der Waals surface area (Å²) >= 11 is 1.30. The Kier molecular flexibility index (Phi) is 5.51. The van der Waals surface area contributed by atoms with Gasteiger partial charge in [-0.15, -0.1) is 10.2 Å². The molecule has 0 aliphatic carbocycles. The van der Waals surface area contributed by atoms with Crippen molar-refractivity contribution in [2.75, 3.05) is 19.0 Å². The number of likely N-dealkylation sites (tertiary alicyclic amines) is 1. The average Bonchev–Trinajstić information content (AvgIpc) is 3.30. The largest absolute Gasteiger partial charge is 0.497 e. The topological polar surface area (TPSA) is 84.4 Å². The Labute approximate surface area is 156 Å². The zero-order valence-electron chi connectivity index (χ0n) is 15.1. The summed E-state index contributed by atoms with van der Waals surface area (Å²) in [5.41, 5.74) is 0.875. The van der Waals surface area contributed by atoms with E-state index in [1.165, 1.54) is 11.3 Å². The predicted molar refractivity (Wildman–Crippen MR) is 100 cm³/mol. The molecule has 1 N–H and O–H groups in total. The van der Waals surface area contributed by atoms with Gasteiger partial charge in [-0.1, -0.05) is 37.3 Å². The molecule has 1 atom stereocenters. The van der Waals surface area contributed by atoms with Crippen LogP contribution in [0.2, 0.25) is 0 Å².